The number of halogens is 3. The molecule has 1 atom stereocenters. The molecule has 2 rings (SSSR count). The van der Waals surface area contributed by atoms with Gasteiger partial charge in [0.15, 0.2) is 0 Å². The standard InChI is InChI=1S/C12H9BrCl2OS/c1-16-8-4-2-3-7(5-8)11(13)9-6-10(14)17-12(9)15/h2-6,11H,1H3. The van der Waals surface area contributed by atoms with E-state index < -0.39 is 0 Å². The van der Waals surface area contributed by atoms with Gasteiger partial charge in [0.05, 0.1) is 20.6 Å². The van der Waals surface area contributed by atoms with Gasteiger partial charge in [-0.05, 0) is 23.8 Å². The van der Waals surface area contributed by atoms with E-state index in [9.17, 15) is 0 Å². The highest BCUT2D eigenvalue weighted by atomic mass is 79.9. The van der Waals surface area contributed by atoms with Crippen LogP contribution in [0.4, 0.5) is 0 Å². The summed E-state index contributed by atoms with van der Waals surface area (Å²) in [7, 11) is 1.65. The zero-order valence-corrected chi connectivity index (χ0v) is 12.8. The van der Waals surface area contributed by atoms with Crippen molar-refractivity contribution < 1.29 is 4.74 Å². The van der Waals surface area contributed by atoms with Gasteiger partial charge >= 0.3 is 0 Å². The molecule has 0 aliphatic carbocycles. The fraction of sp³-hybridized carbons (Fsp3) is 0.167. The lowest BCUT2D eigenvalue weighted by molar-refractivity contribution is 0.414. The molecule has 2 aromatic rings. The van der Waals surface area contributed by atoms with E-state index >= 15 is 0 Å². The van der Waals surface area contributed by atoms with Gasteiger partial charge in [-0.1, -0.05) is 51.3 Å². The Labute approximate surface area is 122 Å². The molecule has 1 heterocycles. The Balaban J connectivity index is 2.36. The van der Waals surface area contributed by atoms with Crippen molar-refractivity contribution in [3.05, 3.63) is 50.1 Å². The van der Waals surface area contributed by atoms with Crippen molar-refractivity contribution in [3.63, 3.8) is 0 Å². The largest absolute Gasteiger partial charge is 0.497 e. The number of hydrogen-bond acceptors (Lipinski definition) is 2. The van der Waals surface area contributed by atoms with E-state index in [4.69, 9.17) is 27.9 Å². The fourth-order valence-electron chi connectivity index (χ4n) is 1.50. The van der Waals surface area contributed by atoms with Crippen LogP contribution in [0.15, 0.2) is 30.3 Å². The van der Waals surface area contributed by atoms with Crippen molar-refractivity contribution in [3.8, 4) is 5.75 Å². The molecule has 1 aromatic carbocycles. The number of rotatable bonds is 3. The number of alkyl halides is 1. The summed E-state index contributed by atoms with van der Waals surface area (Å²) in [5.41, 5.74) is 2.07. The zero-order valence-electron chi connectivity index (χ0n) is 8.91. The fourth-order valence-corrected chi connectivity index (χ4v) is 3.97. The molecule has 1 unspecified atom stereocenters. The first-order valence-corrected chi connectivity index (χ1v) is 7.33. The topological polar surface area (TPSA) is 9.23 Å². The van der Waals surface area contributed by atoms with Gasteiger partial charge in [-0.2, -0.15) is 0 Å². The molecular weight excluding hydrogens is 343 g/mol. The summed E-state index contributed by atoms with van der Waals surface area (Å²) < 4.78 is 6.60. The van der Waals surface area contributed by atoms with Gasteiger partial charge in [0.2, 0.25) is 0 Å². The Bertz CT molecular complexity index is 527. The molecule has 0 amide bonds. The molecule has 17 heavy (non-hydrogen) atoms. The third-order valence-electron chi connectivity index (χ3n) is 2.34. The normalized spacial score (nSPS) is 12.5. The maximum Gasteiger partial charge on any atom is 0.119 e. The SMILES string of the molecule is COc1cccc(C(Br)c2cc(Cl)sc2Cl)c1. The van der Waals surface area contributed by atoms with Crippen molar-refractivity contribution in [2.45, 2.75) is 4.83 Å². The lowest BCUT2D eigenvalue weighted by Crippen LogP contribution is -1.92. The van der Waals surface area contributed by atoms with E-state index in [-0.39, 0.29) is 4.83 Å². The molecule has 0 saturated heterocycles. The van der Waals surface area contributed by atoms with E-state index in [1.54, 1.807) is 7.11 Å². The molecule has 0 bridgehead atoms. The van der Waals surface area contributed by atoms with E-state index in [1.807, 2.05) is 30.3 Å². The Morgan fingerprint density at radius 1 is 1.29 bits per heavy atom. The van der Waals surface area contributed by atoms with Crippen molar-refractivity contribution >= 4 is 50.5 Å². The number of hydrogen-bond donors (Lipinski definition) is 0. The molecule has 1 nitrogen and oxygen atoms in total. The number of ether oxygens (including phenoxy) is 1. The third kappa shape index (κ3) is 2.97. The molecular formula is C12H9BrCl2OS. The van der Waals surface area contributed by atoms with Gasteiger partial charge in [0.25, 0.3) is 0 Å². The van der Waals surface area contributed by atoms with Crippen LogP contribution < -0.4 is 4.74 Å². The van der Waals surface area contributed by atoms with Crippen LogP contribution in [-0.4, -0.2) is 7.11 Å². The van der Waals surface area contributed by atoms with Gasteiger partial charge in [0.1, 0.15) is 5.75 Å². The summed E-state index contributed by atoms with van der Waals surface area (Å²) in [6.07, 6.45) is 0. The highest BCUT2D eigenvalue weighted by molar-refractivity contribution is 9.09. The Hall–Kier alpha value is -0.220. The summed E-state index contributed by atoms with van der Waals surface area (Å²) in [4.78, 5) is 0.0221. The van der Waals surface area contributed by atoms with Crippen molar-refractivity contribution in [2.75, 3.05) is 7.11 Å². The average molecular weight is 352 g/mol. The minimum absolute atomic E-state index is 0.0221. The highest BCUT2D eigenvalue weighted by Gasteiger charge is 2.17. The molecule has 0 spiro atoms. The van der Waals surface area contributed by atoms with Crippen LogP contribution in [-0.2, 0) is 0 Å². The first-order chi connectivity index (χ1) is 8.11. The van der Waals surface area contributed by atoms with Crippen LogP contribution in [0.2, 0.25) is 8.67 Å². The van der Waals surface area contributed by atoms with Crippen LogP contribution in [0.5, 0.6) is 5.75 Å². The summed E-state index contributed by atoms with van der Waals surface area (Å²) in [5.74, 6) is 0.824. The van der Waals surface area contributed by atoms with E-state index in [0.717, 1.165) is 16.9 Å². The lowest BCUT2D eigenvalue weighted by atomic mass is 10.1. The average Bonchev–Trinajstić information content (AvgIpc) is 2.67. The first-order valence-electron chi connectivity index (χ1n) is 4.84. The predicted octanol–water partition coefficient (Wildman–Crippen LogP) is 5.55. The molecule has 0 aliphatic heterocycles. The number of methoxy groups -OCH3 is 1. The molecule has 0 fully saturated rings. The molecule has 0 aliphatic rings. The Morgan fingerprint density at radius 3 is 2.65 bits per heavy atom. The van der Waals surface area contributed by atoms with E-state index in [1.165, 1.54) is 11.3 Å². The van der Waals surface area contributed by atoms with Crippen molar-refractivity contribution in [2.24, 2.45) is 0 Å². The van der Waals surface area contributed by atoms with E-state index in [0.29, 0.717) is 8.67 Å². The maximum atomic E-state index is 6.14. The second kappa shape index (κ2) is 5.61. The van der Waals surface area contributed by atoms with Crippen LogP contribution >= 0.6 is 50.5 Å². The second-order valence-electron chi connectivity index (χ2n) is 3.42. The first kappa shape index (κ1) is 13.2. The van der Waals surface area contributed by atoms with Crippen LogP contribution in [0, 0.1) is 0 Å². The lowest BCUT2D eigenvalue weighted by Gasteiger charge is -2.10. The summed E-state index contributed by atoms with van der Waals surface area (Å²) in [6.45, 7) is 0. The minimum atomic E-state index is 0.0221. The quantitative estimate of drug-likeness (QED) is 0.659. The van der Waals surface area contributed by atoms with E-state index in [2.05, 4.69) is 15.9 Å². The van der Waals surface area contributed by atoms with Gasteiger partial charge in [-0.15, -0.1) is 11.3 Å². The number of benzene rings is 1. The summed E-state index contributed by atoms with van der Waals surface area (Å²) in [6, 6.07) is 9.73. The second-order valence-corrected chi connectivity index (χ2v) is 6.62. The highest BCUT2D eigenvalue weighted by Crippen LogP contribution is 2.42. The van der Waals surface area contributed by atoms with Crippen molar-refractivity contribution in [1.82, 2.24) is 0 Å². The van der Waals surface area contributed by atoms with Crippen LogP contribution in [0.1, 0.15) is 16.0 Å². The molecule has 0 radical (unpaired) electrons. The van der Waals surface area contributed by atoms with Crippen LogP contribution in [0.25, 0.3) is 0 Å². The predicted molar refractivity (Wildman–Crippen MR) is 78.1 cm³/mol. The molecule has 1 aromatic heterocycles. The smallest absolute Gasteiger partial charge is 0.119 e. The van der Waals surface area contributed by atoms with Crippen LogP contribution in [0.3, 0.4) is 0 Å². The van der Waals surface area contributed by atoms with Gasteiger partial charge in [-0.25, -0.2) is 0 Å². The maximum absolute atomic E-state index is 6.14. The third-order valence-corrected chi connectivity index (χ3v) is 4.88. The Kier molecular flexibility index (Phi) is 4.36. The zero-order chi connectivity index (χ0) is 12.4. The van der Waals surface area contributed by atoms with Gasteiger partial charge in [-0.3, -0.25) is 0 Å². The van der Waals surface area contributed by atoms with Gasteiger partial charge in [0, 0.05) is 5.56 Å². The number of thiophene rings is 1. The minimum Gasteiger partial charge on any atom is -0.497 e. The van der Waals surface area contributed by atoms with Gasteiger partial charge < -0.3 is 4.74 Å². The monoisotopic (exact) mass is 350 g/mol. The van der Waals surface area contributed by atoms with Crippen molar-refractivity contribution in [1.29, 1.82) is 0 Å². The molecule has 5 heteroatoms. The summed E-state index contributed by atoms with van der Waals surface area (Å²) in [5, 5.41) is 0. The molecule has 90 valence electrons. The molecule has 0 saturated carbocycles. The Morgan fingerprint density at radius 2 is 2.06 bits per heavy atom. The molecule has 0 N–H and O–H groups in total. The summed E-state index contributed by atoms with van der Waals surface area (Å²) >= 11 is 17.1.